The second-order valence-corrected chi connectivity index (χ2v) is 7.67. The van der Waals surface area contributed by atoms with E-state index in [0.717, 1.165) is 49.4 Å². The predicted molar refractivity (Wildman–Crippen MR) is 126 cm³/mol. The molecule has 1 amide bonds. The summed E-state index contributed by atoms with van der Waals surface area (Å²) in [5.74, 6) is 1.46. The summed E-state index contributed by atoms with van der Waals surface area (Å²) in [6, 6.07) is 14.2. The summed E-state index contributed by atoms with van der Waals surface area (Å²) in [5, 5.41) is 6.34. The molecule has 0 spiro atoms. The van der Waals surface area contributed by atoms with Crippen LogP contribution in [0.25, 0.3) is 6.08 Å². The highest BCUT2D eigenvalue weighted by atomic mass is 32.2. The van der Waals surface area contributed by atoms with Gasteiger partial charge in [-0.25, -0.2) is 0 Å². The van der Waals surface area contributed by atoms with Crippen LogP contribution in [0.15, 0.2) is 53.4 Å². The zero-order chi connectivity index (χ0) is 21.6. The first-order chi connectivity index (χ1) is 14.7. The Balaban J connectivity index is 1.54. The van der Waals surface area contributed by atoms with E-state index in [1.807, 2.05) is 36.6 Å². The van der Waals surface area contributed by atoms with Gasteiger partial charge >= 0.3 is 0 Å². The van der Waals surface area contributed by atoms with Crippen LogP contribution in [0, 0.1) is 0 Å². The summed E-state index contributed by atoms with van der Waals surface area (Å²) in [4.78, 5) is 13.1. The number of hydrogen-bond donors (Lipinski definition) is 2. The lowest BCUT2D eigenvalue weighted by Crippen LogP contribution is -2.26. The van der Waals surface area contributed by atoms with Crippen LogP contribution >= 0.6 is 11.8 Å². The summed E-state index contributed by atoms with van der Waals surface area (Å²) in [6.45, 7) is 2.48. The fourth-order valence-corrected chi connectivity index (χ4v) is 3.36. The van der Waals surface area contributed by atoms with Gasteiger partial charge in [-0.2, -0.15) is 0 Å². The predicted octanol–water partition coefficient (Wildman–Crippen LogP) is 4.17. The maximum Gasteiger partial charge on any atom is 0.243 e. The molecule has 5 nitrogen and oxygen atoms in total. The van der Waals surface area contributed by atoms with Gasteiger partial charge in [-0.1, -0.05) is 18.2 Å². The van der Waals surface area contributed by atoms with E-state index in [0.29, 0.717) is 6.54 Å². The van der Waals surface area contributed by atoms with E-state index in [4.69, 9.17) is 9.47 Å². The van der Waals surface area contributed by atoms with E-state index in [-0.39, 0.29) is 5.91 Å². The van der Waals surface area contributed by atoms with Gasteiger partial charge < -0.3 is 20.1 Å². The van der Waals surface area contributed by atoms with Gasteiger partial charge in [0.15, 0.2) is 11.5 Å². The van der Waals surface area contributed by atoms with Crippen molar-refractivity contribution in [1.29, 1.82) is 0 Å². The number of aryl methyl sites for hydroxylation is 1. The van der Waals surface area contributed by atoms with Crippen molar-refractivity contribution >= 4 is 23.7 Å². The number of ether oxygens (including phenoxy) is 2. The van der Waals surface area contributed by atoms with Gasteiger partial charge in [0.05, 0.1) is 14.2 Å². The highest BCUT2D eigenvalue weighted by Gasteiger charge is 2.04. The second-order valence-electron chi connectivity index (χ2n) is 6.79. The highest BCUT2D eigenvalue weighted by Crippen LogP contribution is 2.27. The van der Waals surface area contributed by atoms with Crippen LogP contribution in [-0.2, 0) is 11.2 Å². The van der Waals surface area contributed by atoms with Crippen molar-refractivity contribution in [3.8, 4) is 11.5 Å². The van der Waals surface area contributed by atoms with Gasteiger partial charge in [0.1, 0.15) is 0 Å². The van der Waals surface area contributed by atoms with Gasteiger partial charge in [0.2, 0.25) is 5.91 Å². The molecule has 0 heterocycles. The van der Waals surface area contributed by atoms with E-state index in [9.17, 15) is 4.79 Å². The first-order valence-corrected chi connectivity index (χ1v) is 11.4. The third-order valence-corrected chi connectivity index (χ3v) is 5.38. The Hall–Kier alpha value is -2.44. The van der Waals surface area contributed by atoms with E-state index in [2.05, 4.69) is 28.8 Å². The van der Waals surface area contributed by atoms with Gasteiger partial charge in [-0.15, -0.1) is 11.8 Å². The molecule has 162 valence electrons. The lowest BCUT2D eigenvalue weighted by atomic mass is 10.1. The topological polar surface area (TPSA) is 59.6 Å². The monoisotopic (exact) mass is 428 g/mol. The molecule has 30 heavy (non-hydrogen) atoms. The van der Waals surface area contributed by atoms with Gasteiger partial charge in [-0.05, 0) is 80.1 Å². The number of carbonyl (C=O) groups is 1. The molecule has 0 atom stereocenters. The van der Waals surface area contributed by atoms with Crippen molar-refractivity contribution in [1.82, 2.24) is 10.6 Å². The molecule has 0 saturated heterocycles. The molecule has 0 radical (unpaired) electrons. The van der Waals surface area contributed by atoms with Crippen LogP contribution in [0.4, 0.5) is 0 Å². The number of hydrogen-bond acceptors (Lipinski definition) is 5. The van der Waals surface area contributed by atoms with E-state index < -0.39 is 0 Å². The molecular weight excluding hydrogens is 396 g/mol. The molecule has 2 N–H and O–H groups in total. The number of methoxy groups -OCH3 is 2. The summed E-state index contributed by atoms with van der Waals surface area (Å²) in [5.41, 5.74) is 2.26. The summed E-state index contributed by atoms with van der Waals surface area (Å²) >= 11 is 1.70. The zero-order valence-corrected chi connectivity index (χ0v) is 18.9. The first kappa shape index (κ1) is 23.8. The molecule has 0 fully saturated rings. The lowest BCUT2D eigenvalue weighted by molar-refractivity contribution is -0.116. The Kier molecular flexibility index (Phi) is 10.9. The summed E-state index contributed by atoms with van der Waals surface area (Å²) < 4.78 is 10.6. The van der Waals surface area contributed by atoms with Gasteiger partial charge in [0, 0.05) is 17.5 Å². The lowest BCUT2D eigenvalue weighted by Gasteiger charge is -2.10. The molecule has 2 rings (SSSR count). The molecule has 0 unspecified atom stereocenters. The minimum atomic E-state index is -0.0580. The first-order valence-electron chi connectivity index (χ1n) is 10.2. The van der Waals surface area contributed by atoms with Crippen molar-refractivity contribution in [2.75, 3.05) is 40.1 Å². The maximum atomic E-state index is 11.9. The van der Waals surface area contributed by atoms with Crippen molar-refractivity contribution in [2.45, 2.75) is 24.2 Å². The Morgan fingerprint density at radius 3 is 2.40 bits per heavy atom. The van der Waals surface area contributed by atoms with Gasteiger partial charge in [-0.3, -0.25) is 4.79 Å². The normalized spacial score (nSPS) is 10.9. The van der Waals surface area contributed by atoms with Crippen LogP contribution in [0.3, 0.4) is 0 Å². The summed E-state index contributed by atoms with van der Waals surface area (Å²) in [6.07, 6.45) is 8.40. The molecule has 0 saturated carbocycles. The van der Waals surface area contributed by atoms with Gasteiger partial charge in [0.25, 0.3) is 0 Å². The third-order valence-electron chi connectivity index (χ3n) is 4.64. The van der Waals surface area contributed by atoms with Crippen LogP contribution in [0.1, 0.15) is 24.0 Å². The fourth-order valence-electron chi connectivity index (χ4n) is 2.95. The molecule has 0 aliphatic rings. The number of benzene rings is 2. The Labute approximate surface area is 184 Å². The number of thioether (sulfide) groups is 1. The van der Waals surface area contributed by atoms with Crippen molar-refractivity contribution in [3.63, 3.8) is 0 Å². The van der Waals surface area contributed by atoms with Crippen molar-refractivity contribution in [2.24, 2.45) is 0 Å². The standard InChI is InChI=1S/C24H32N2O3S/c1-28-22-13-9-20(18-23(22)29-2)6-4-15-25-16-5-17-26-24(27)14-10-19-7-11-21(30-3)12-8-19/h7-14,18,25H,4-6,15-17H2,1-3H3,(H,26,27)/b14-10+. The number of carbonyl (C=O) groups excluding carboxylic acids is 1. The van der Waals surface area contributed by atoms with E-state index in [1.54, 1.807) is 32.1 Å². The molecule has 0 aliphatic carbocycles. The Morgan fingerprint density at radius 2 is 1.70 bits per heavy atom. The molecule has 0 aromatic heterocycles. The maximum absolute atomic E-state index is 11.9. The third kappa shape index (κ3) is 8.51. The zero-order valence-electron chi connectivity index (χ0n) is 18.1. The number of amides is 1. The molecule has 6 heteroatoms. The van der Waals surface area contributed by atoms with Crippen LogP contribution < -0.4 is 20.1 Å². The average Bonchev–Trinajstić information content (AvgIpc) is 2.79. The molecular formula is C24H32N2O3S. The van der Waals surface area contributed by atoms with E-state index in [1.165, 1.54) is 10.5 Å². The van der Waals surface area contributed by atoms with Crippen molar-refractivity contribution < 1.29 is 14.3 Å². The smallest absolute Gasteiger partial charge is 0.243 e. The molecule has 0 bridgehead atoms. The van der Waals surface area contributed by atoms with Crippen LogP contribution in [-0.4, -0.2) is 46.0 Å². The minimum absolute atomic E-state index is 0.0580. The molecule has 2 aromatic rings. The van der Waals surface area contributed by atoms with Crippen molar-refractivity contribution in [3.05, 3.63) is 59.7 Å². The number of nitrogens with one attached hydrogen (secondary N) is 2. The Morgan fingerprint density at radius 1 is 0.967 bits per heavy atom. The molecule has 0 aliphatic heterocycles. The SMILES string of the molecule is COc1ccc(CCCNCCCNC(=O)/C=C/c2ccc(SC)cc2)cc1OC. The average molecular weight is 429 g/mol. The van der Waals surface area contributed by atoms with Crippen LogP contribution in [0.2, 0.25) is 0 Å². The quantitative estimate of drug-likeness (QED) is 0.285. The largest absolute Gasteiger partial charge is 0.493 e. The van der Waals surface area contributed by atoms with Crippen LogP contribution in [0.5, 0.6) is 11.5 Å². The fraction of sp³-hybridized carbons (Fsp3) is 0.375. The summed E-state index contributed by atoms with van der Waals surface area (Å²) in [7, 11) is 3.30. The minimum Gasteiger partial charge on any atom is -0.493 e. The Bertz CT molecular complexity index is 807. The highest BCUT2D eigenvalue weighted by molar-refractivity contribution is 7.98. The molecule has 2 aromatic carbocycles. The van der Waals surface area contributed by atoms with E-state index >= 15 is 0 Å². The second kappa shape index (κ2) is 13.7. The number of rotatable bonds is 13.